The van der Waals surface area contributed by atoms with Crippen molar-refractivity contribution in [2.45, 2.75) is 24.0 Å². The Morgan fingerprint density at radius 1 is 1.43 bits per heavy atom. The summed E-state index contributed by atoms with van der Waals surface area (Å²) in [7, 11) is 0. The Labute approximate surface area is 171 Å². The van der Waals surface area contributed by atoms with Gasteiger partial charge in [0.15, 0.2) is 11.5 Å². The normalized spacial score (nSPS) is 30.3. The summed E-state index contributed by atoms with van der Waals surface area (Å²) in [5.41, 5.74) is 3.19. The second-order valence-electron chi connectivity index (χ2n) is 4.80. The average molecular weight is 349 g/mol. The molecule has 118 valence electrons. The molecule has 0 amide bonds. The molecule has 2 aromatic heterocycles. The van der Waals surface area contributed by atoms with Crippen LogP contribution in [-0.4, -0.2) is 65.7 Å². The summed E-state index contributed by atoms with van der Waals surface area (Å²) < 4.78 is 6.07. The van der Waals surface area contributed by atoms with Gasteiger partial charge in [0.05, 0.1) is 18.9 Å². The van der Waals surface area contributed by atoms with Crippen molar-refractivity contribution in [2.24, 2.45) is 0 Å². The maximum atomic E-state index is 11.7. The molecule has 1 saturated heterocycles. The minimum absolute atomic E-state index is 0. The van der Waals surface area contributed by atoms with Crippen molar-refractivity contribution >= 4 is 23.0 Å². The van der Waals surface area contributed by atoms with Gasteiger partial charge >= 0.3 is 51.4 Å². The summed E-state index contributed by atoms with van der Waals surface area (Å²) in [6, 6.07) is 0. The van der Waals surface area contributed by atoms with Crippen molar-refractivity contribution in [1.29, 1.82) is 0 Å². The van der Waals surface area contributed by atoms with Gasteiger partial charge in [-0.25, -0.2) is 15.0 Å². The van der Waals surface area contributed by atoms with Crippen molar-refractivity contribution < 1.29 is 81.3 Å². The molecule has 0 unspecified atom stereocenters. The minimum atomic E-state index is -2.50. The number of aliphatic hydroxyl groups excluding tert-OH is 3. The summed E-state index contributed by atoms with van der Waals surface area (Å²) in [4.78, 5) is 23.1. The number of rotatable bonds is 3. The number of nitrogen functional groups attached to an aromatic ring is 1. The first-order valence-corrected chi connectivity index (χ1v) is 6.23. The van der Waals surface area contributed by atoms with E-state index in [2.05, 4.69) is 15.0 Å². The molecule has 4 atom stereocenters. The number of aliphatic hydroxyl groups is 3. The van der Waals surface area contributed by atoms with Crippen LogP contribution in [-0.2, 0) is 15.3 Å². The number of fused-ring (bicyclic) bond motifs is 1. The fourth-order valence-corrected chi connectivity index (χ4v) is 2.51. The van der Waals surface area contributed by atoms with E-state index >= 15 is 0 Å². The van der Waals surface area contributed by atoms with Crippen LogP contribution in [0.2, 0.25) is 0 Å². The zero-order valence-electron chi connectivity index (χ0n) is 12.0. The predicted molar refractivity (Wildman–Crippen MR) is 66.7 cm³/mol. The molecule has 0 bridgehead atoms. The van der Waals surface area contributed by atoms with Gasteiger partial charge in [-0.15, -0.1) is 0 Å². The molecule has 0 spiro atoms. The van der Waals surface area contributed by atoms with Crippen LogP contribution in [0.15, 0.2) is 12.7 Å². The maximum absolute atomic E-state index is 11.7. The first-order valence-electron chi connectivity index (χ1n) is 6.23. The zero-order chi connectivity index (χ0) is 16.1. The largest absolute Gasteiger partial charge is 1.00 e. The molecule has 2 aromatic rings. The molecule has 5 N–H and O–H groups in total. The van der Waals surface area contributed by atoms with E-state index < -0.39 is 36.6 Å². The van der Waals surface area contributed by atoms with Crippen molar-refractivity contribution in [3.63, 3.8) is 0 Å². The number of aliphatic carboxylic acids is 1. The van der Waals surface area contributed by atoms with Gasteiger partial charge in [0, 0.05) is 0 Å². The Morgan fingerprint density at radius 3 is 2.70 bits per heavy atom. The Bertz CT molecular complexity index is 741. The Balaban J connectivity index is 0.00000192. The van der Waals surface area contributed by atoms with E-state index in [4.69, 9.17) is 15.6 Å². The van der Waals surface area contributed by atoms with Crippen molar-refractivity contribution in [3.05, 3.63) is 12.7 Å². The van der Waals surface area contributed by atoms with Crippen molar-refractivity contribution in [1.82, 2.24) is 19.5 Å². The molecule has 23 heavy (non-hydrogen) atoms. The third kappa shape index (κ3) is 2.59. The summed E-state index contributed by atoms with van der Waals surface area (Å²) in [5, 5.41) is 40.8. The minimum Gasteiger partial charge on any atom is -0.545 e. The zero-order valence-corrected chi connectivity index (χ0v) is 15.1. The van der Waals surface area contributed by atoms with E-state index in [1.165, 1.54) is 0 Å². The number of nitrogens with zero attached hydrogens (tertiary/aromatic N) is 4. The van der Waals surface area contributed by atoms with Gasteiger partial charge in [0.25, 0.3) is 0 Å². The summed E-state index contributed by atoms with van der Waals surface area (Å²) in [5.74, 6) is -1.82. The van der Waals surface area contributed by atoms with Crippen LogP contribution in [0.5, 0.6) is 0 Å². The van der Waals surface area contributed by atoms with E-state index in [9.17, 15) is 20.1 Å². The second kappa shape index (κ2) is 6.66. The monoisotopic (exact) mass is 349 g/mol. The van der Waals surface area contributed by atoms with Gasteiger partial charge in [-0.3, -0.25) is 4.57 Å². The van der Waals surface area contributed by atoms with Gasteiger partial charge in [-0.05, 0) is 0 Å². The summed E-state index contributed by atoms with van der Waals surface area (Å²) in [6.45, 7) is -0.697. The van der Waals surface area contributed by atoms with Gasteiger partial charge < -0.3 is 35.7 Å². The van der Waals surface area contributed by atoms with E-state index in [1.54, 1.807) is 0 Å². The molecule has 1 aliphatic heterocycles. The number of aromatic nitrogens is 4. The molecule has 0 aliphatic carbocycles. The standard InChI is InChI=1S/C11H13N5O6.K/c12-8-5-9(14-2-13-8)16(3-15-5)11(10(20)21)7(19)6(18)4(1-17)22-11;/h2-4,6-7,17-19H,1H2,(H,20,21)(H2,12,13,14);/q;+1/p-1/t4-,6-,7-,11+;/m1./s1. The van der Waals surface area contributed by atoms with Gasteiger partial charge in [0.2, 0.25) is 5.72 Å². The number of carboxylic acid groups (broad SMARTS) is 1. The topological polar surface area (TPSA) is 180 Å². The van der Waals surface area contributed by atoms with E-state index in [0.717, 1.165) is 17.2 Å². The molecule has 0 saturated carbocycles. The van der Waals surface area contributed by atoms with Crippen molar-refractivity contribution in [2.75, 3.05) is 12.3 Å². The van der Waals surface area contributed by atoms with E-state index in [-0.39, 0.29) is 68.4 Å². The second-order valence-corrected chi connectivity index (χ2v) is 4.80. The fourth-order valence-electron chi connectivity index (χ4n) is 2.51. The predicted octanol–water partition coefficient (Wildman–Crippen LogP) is -7.07. The van der Waals surface area contributed by atoms with E-state index in [0.29, 0.717) is 0 Å². The number of carbonyl (C=O) groups is 1. The molecule has 3 rings (SSSR count). The van der Waals surface area contributed by atoms with Crippen molar-refractivity contribution in [3.8, 4) is 0 Å². The quantitative estimate of drug-likeness (QED) is 0.389. The van der Waals surface area contributed by atoms with Gasteiger partial charge in [-0.1, -0.05) is 0 Å². The number of carbonyl (C=O) groups excluding carboxylic acids is 1. The number of nitrogens with two attached hydrogens (primary N) is 1. The Morgan fingerprint density at radius 2 is 2.13 bits per heavy atom. The van der Waals surface area contributed by atoms with E-state index in [1.807, 2.05) is 0 Å². The molecule has 0 radical (unpaired) electrons. The van der Waals surface area contributed by atoms with Crippen LogP contribution in [0.4, 0.5) is 5.82 Å². The van der Waals surface area contributed by atoms with Crippen LogP contribution in [0, 0.1) is 0 Å². The average Bonchev–Trinajstić information content (AvgIpc) is 3.02. The first kappa shape index (κ1) is 18.6. The third-order valence-electron chi connectivity index (χ3n) is 3.63. The number of imidazole rings is 1. The molecule has 12 heteroatoms. The number of hydrogen-bond donors (Lipinski definition) is 4. The number of anilines is 1. The number of ether oxygens (including phenoxy) is 1. The van der Waals surface area contributed by atoms with Crippen LogP contribution in [0.1, 0.15) is 0 Å². The number of carboxylic acids is 1. The van der Waals surface area contributed by atoms with Gasteiger partial charge in [-0.2, -0.15) is 0 Å². The van der Waals surface area contributed by atoms with Crippen LogP contribution in [0.25, 0.3) is 11.2 Å². The summed E-state index contributed by atoms with van der Waals surface area (Å²) >= 11 is 0. The Hall–Kier alpha value is -0.704. The smallest absolute Gasteiger partial charge is 0.545 e. The molecule has 11 nitrogen and oxygen atoms in total. The maximum Gasteiger partial charge on any atom is 1.00 e. The molecule has 1 aliphatic rings. The SMILES string of the molecule is Nc1ncnc2c1ncn2[C@]1(C(=O)[O-])O[C@H](CO)[C@@H](O)[C@H]1O.[K+]. The first-order chi connectivity index (χ1) is 10.4. The molecule has 3 heterocycles. The molecule has 0 aromatic carbocycles. The molecular formula is C11H12KN5O6. The van der Waals surface area contributed by atoms with Crippen LogP contribution >= 0.6 is 0 Å². The molecular weight excluding hydrogens is 337 g/mol. The molecule has 1 fully saturated rings. The summed E-state index contributed by atoms with van der Waals surface area (Å²) in [6.07, 6.45) is -2.76. The van der Waals surface area contributed by atoms with Crippen LogP contribution < -0.4 is 62.2 Å². The third-order valence-corrected chi connectivity index (χ3v) is 3.63. The fraction of sp³-hybridized carbons (Fsp3) is 0.455. The number of hydrogen-bond acceptors (Lipinski definition) is 10. The van der Waals surface area contributed by atoms with Crippen LogP contribution in [0.3, 0.4) is 0 Å². The van der Waals surface area contributed by atoms with Gasteiger partial charge in [0.1, 0.15) is 30.2 Å². The Kier molecular flexibility index (Phi) is 5.39.